The van der Waals surface area contributed by atoms with E-state index in [1.165, 1.54) is 19.4 Å². The van der Waals surface area contributed by atoms with E-state index in [4.69, 9.17) is 16.3 Å². The van der Waals surface area contributed by atoms with Crippen LogP contribution in [0, 0.1) is 5.92 Å². The summed E-state index contributed by atoms with van der Waals surface area (Å²) in [5, 5.41) is 0.521. The molecular weight excluding hydrogens is 338 g/mol. The van der Waals surface area contributed by atoms with Gasteiger partial charge in [-0.3, -0.25) is 0 Å². The Bertz CT molecular complexity index is 736. The SMILES string of the molecule is CCCCN1CCC(COC(=O)c2cc(Cl)cc3c2ncn3C)CC1. The minimum Gasteiger partial charge on any atom is -0.462 e. The number of esters is 1. The van der Waals surface area contributed by atoms with Crippen LogP contribution in [0.2, 0.25) is 5.02 Å². The molecule has 1 aromatic heterocycles. The summed E-state index contributed by atoms with van der Waals surface area (Å²) in [4.78, 5) is 19.3. The van der Waals surface area contributed by atoms with Gasteiger partial charge in [0.25, 0.3) is 0 Å². The zero-order valence-electron chi connectivity index (χ0n) is 15.0. The molecule has 1 fully saturated rings. The first-order chi connectivity index (χ1) is 12.1. The summed E-state index contributed by atoms with van der Waals surface area (Å²) in [5.41, 5.74) is 1.93. The van der Waals surface area contributed by atoms with E-state index in [0.717, 1.165) is 31.4 Å². The van der Waals surface area contributed by atoms with Gasteiger partial charge in [-0.2, -0.15) is 0 Å². The molecule has 25 heavy (non-hydrogen) atoms. The number of hydrogen-bond donors (Lipinski definition) is 0. The second kappa shape index (κ2) is 8.19. The van der Waals surface area contributed by atoms with Gasteiger partial charge in [0.05, 0.1) is 24.0 Å². The van der Waals surface area contributed by atoms with Crippen molar-refractivity contribution in [3.8, 4) is 0 Å². The number of likely N-dealkylation sites (tertiary alicyclic amines) is 1. The van der Waals surface area contributed by atoms with Crippen molar-refractivity contribution in [2.45, 2.75) is 32.6 Å². The standard InChI is InChI=1S/C19H26ClN3O2/c1-3-4-7-23-8-5-14(6-9-23)12-25-19(24)16-10-15(20)11-17-18(16)21-13-22(17)2/h10-11,13-14H,3-9,12H2,1-2H3. The first-order valence-electron chi connectivity index (χ1n) is 9.08. The molecule has 6 heteroatoms. The fourth-order valence-electron chi connectivity index (χ4n) is 3.38. The van der Waals surface area contributed by atoms with Gasteiger partial charge in [-0.15, -0.1) is 0 Å². The molecule has 0 bridgehead atoms. The molecule has 1 aromatic carbocycles. The number of ether oxygens (including phenoxy) is 1. The summed E-state index contributed by atoms with van der Waals surface area (Å²) in [5.74, 6) is 0.111. The van der Waals surface area contributed by atoms with Crippen LogP contribution in [0.5, 0.6) is 0 Å². The number of nitrogens with zero attached hydrogens (tertiary/aromatic N) is 3. The normalized spacial score (nSPS) is 16.4. The highest BCUT2D eigenvalue weighted by atomic mass is 35.5. The monoisotopic (exact) mass is 363 g/mol. The fourth-order valence-corrected chi connectivity index (χ4v) is 3.59. The maximum absolute atomic E-state index is 12.5. The smallest absolute Gasteiger partial charge is 0.340 e. The van der Waals surface area contributed by atoms with Crippen molar-refractivity contribution in [3.63, 3.8) is 0 Å². The number of imidazole rings is 1. The van der Waals surface area contributed by atoms with Crippen molar-refractivity contribution in [3.05, 3.63) is 29.0 Å². The Morgan fingerprint density at radius 3 is 2.84 bits per heavy atom. The van der Waals surface area contributed by atoms with Gasteiger partial charge in [-0.05, 0) is 56.9 Å². The molecule has 0 atom stereocenters. The molecule has 0 radical (unpaired) electrons. The first-order valence-corrected chi connectivity index (χ1v) is 9.46. The Morgan fingerprint density at radius 1 is 1.36 bits per heavy atom. The molecule has 1 aliphatic heterocycles. The van der Waals surface area contributed by atoms with Gasteiger partial charge in [-0.25, -0.2) is 9.78 Å². The maximum atomic E-state index is 12.5. The molecule has 1 aliphatic rings. The molecule has 3 rings (SSSR count). The van der Waals surface area contributed by atoms with E-state index >= 15 is 0 Å². The van der Waals surface area contributed by atoms with Gasteiger partial charge >= 0.3 is 5.97 Å². The van der Waals surface area contributed by atoms with E-state index in [-0.39, 0.29) is 5.97 Å². The summed E-state index contributed by atoms with van der Waals surface area (Å²) in [6.07, 6.45) is 6.36. The van der Waals surface area contributed by atoms with E-state index in [0.29, 0.717) is 28.6 Å². The zero-order chi connectivity index (χ0) is 17.8. The van der Waals surface area contributed by atoms with E-state index in [1.54, 1.807) is 12.4 Å². The number of carbonyl (C=O) groups excluding carboxylic acids is 1. The number of halogens is 1. The predicted octanol–water partition coefficient (Wildman–Crippen LogP) is 3.90. The third-order valence-corrected chi connectivity index (χ3v) is 5.22. The molecule has 0 spiro atoms. The second-order valence-electron chi connectivity index (χ2n) is 6.91. The number of benzene rings is 1. The minimum atomic E-state index is -0.334. The number of unbranched alkanes of at least 4 members (excludes halogenated alkanes) is 1. The van der Waals surface area contributed by atoms with Gasteiger partial charge in [-0.1, -0.05) is 24.9 Å². The first kappa shape index (κ1) is 18.2. The number of aromatic nitrogens is 2. The Labute approximate surface area is 153 Å². The number of hydrogen-bond acceptors (Lipinski definition) is 4. The lowest BCUT2D eigenvalue weighted by atomic mass is 9.97. The van der Waals surface area contributed by atoms with Crippen molar-refractivity contribution in [2.75, 3.05) is 26.2 Å². The number of carbonyl (C=O) groups is 1. The van der Waals surface area contributed by atoms with Gasteiger partial charge in [0.1, 0.15) is 5.52 Å². The average molecular weight is 364 g/mol. The lowest BCUT2D eigenvalue weighted by Gasteiger charge is -2.31. The zero-order valence-corrected chi connectivity index (χ0v) is 15.8. The lowest BCUT2D eigenvalue weighted by molar-refractivity contribution is 0.0374. The molecule has 0 amide bonds. The van der Waals surface area contributed by atoms with Crippen LogP contribution < -0.4 is 0 Å². The number of aryl methyl sites for hydroxylation is 1. The minimum absolute atomic E-state index is 0.334. The summed E-state index contributed by atoms with van der Waals surface area (Å²) < 4.78 is 7.44. The Morgan fingerprint density at radius 2 is 2.12 bits per heavy atom. The molecule has 136 valence electrons. The van der Waals surface area contributed by atoms with Crippen molar-refractivity contribution in [1.82, 2.24) is 14.5 Å². The van der Waals surface area contributed by atoms with E-state index < -0.39 is 0 Å². The number of piperidine rings is 1. The quantitative estimate of drug-likeness (QED) is 0.730. The van der Waals surface area contributed by atoms with Crippen LogP contribution in [0.3, 0.4) is 0 Å². The third kappa shape index (κ3) is 4.33. The van der Waals surface area contributed by atoms with Crippen LogP contribution >= 0.6 is 11.6 Å². The predicted molar refractivity (Wildman–Crippen MR) is 100 cm³/mol. The van der Waals surface area contributed by atoms with Gasteiger partial charge in [0.2, 0.25) is 0 Å². The second-order valence-corrected chi connectivity index (χ2v) is 7.35. The summed E-state index contributed by atoms with van der Waals surface area (Å²) >= 11 is 6.15. The van der Waals surface area contributed by atoms with Crippen LogP contribution in [0.25, 0.3) is 11.0 Å². The Kier molecular flexibility index (Phi) is 5.97. The van der Waals surface area contributed by atoms with Crippen LogP contribution in [0.4, 0.5) is 0 Å². The average Bonchev–Trinajstić information content (AvgIpc) is 2.99. The number of rotatable bonds is 6. The van der Waals surface area contributed by atoms with Crippen molar-refractivity contribution < 1.29 is 9.53 Å². The highest BCUT2D eigenvalue weighted by molar-refractivity contribution is 6.31. The summed E-state index contributed by atoms with van der Waals surface area (Å²) in [6.45, 7) is 6.08. The lowest BCUT2D eigenvalue weighted by Crippen LogP contribution is -2.36. The van der Waals surface area contributed by atoms with Crippen LogP contribution in [-0.2, 0) is 11.8 Å². The van der Waals surface area contributed by atoms with Crippen LogP contribution in [-0.4, -0.2) is 46.7 Å². The Balaban J connectivity index is 1.57. The van der Waals surface area contributed by atoms with Gasteiger partial charge in [0, 0.05) is 12.1 Å². The largest absolute Gasteiger partial charge is 0.462 e. The van der Waals surface area contributed by atoms with Crippen LogP contribution in [0.15, 0.2) is 18.5 Å². The third-order valence-electron chi connectivity index (χ3n) is 5.00. The van der Waals surface area contributed by atoms with Crippen molar-refractivity contribution in [1.29, 1.82) is 0 Å². The maximum Gasteiger partial charge on any atom is 0.340 e. The van der Waals surface area contributed by atoms with Crippen molar-refractivity contribution >= 4 is 28.6 Å². The molecule has 5 nitrogen and oxygen atoms in total. The molecule has 1 saturated heterocycles. The van der Waals surface area contributed by atoms with Gasteiger partial charge in [0.15, 0.2) is 0 Å². The molecule has 2 aromatic rings. The summed E-state index contributed by atoms with van der Waals surface area (Å²) in [7, 11) is 1.88. The van der Waals surface area contributed by atoms with E-state index in [1.807, 2.05) is 17.7 Å². The molecular formula is C19H26ClN3O2. The highest BCUT2D eigenvalue weighted by Gasteiger charge is 2.22. The van der Waals surface area contributed by atoms with Crippen molar-refractivity contribution in [2.24, 2.45) is 13.0 Å². The van der Waals surface area contributed by atoms with Crippen LogP contribution in [0.1, 0.15) is 43.0 Å². The molecule has 2 heterocycles. The molecule has 0 aliphatic carbocycles. The van der Waals surface area contributed by atoms with Gasteiger partial charge < -0.3 is 14.2 Å². The fraction of sp³-hybridized carbons (Fsp3) is 0.579. The molecule has 0 saturated carbocycles. The Hall–Kier alpha value is -1.59. The highest BCUT2D eigenvalue weighted by Crippen LogP contribution is 2.24. The number of fused-ring (bicyclic) bond motifs is 1. The molecule has 0 unspecified atom stereocenters. The summed E-state index contributed by atoms with van der Waals surface area (Å²) in [6, 6.07) is 3.46. The topological polar surface area (TPSA) is 47.4 Å². The van der Waals surface area contributed by atoms with E-state index in [9.17, 15) is 4.79 Å². The molecule has 0 N–H and O–H groups in total. The van der Waals surface area contributed by atoms with E-state index in [2.05, 4.69) is 16.8 Å².